The highest BCUT2D eigenvalue weighted by atomic mass is 79.9. The number of nitriles is 4. The van der Waals surface area contributed by atoms with E-state index >= 15 is 0 Å². The average Bonchev–Trinajstić information content (AvgIpc) is 3.25. The molecule has 4 aromatic rings. The smallest absolute Gasteiger partial charge is 0.335 e. The van der Waals surface area contributed by atoms with Gasteiger partial charge in [0.15, 0.2) is 0 Å². The summed E-state index contributed by atoms with van der Waals surface area (Å²) in [5.74, 6) is 0. The van der Waals surface area contributed by atoms with Gasteiger partial charge in [0.05, 0.1) is 61.5 Å². The molecule has 0 radical (unpaired) electrons. The van der Waals surface area contributed by atoms with E-state index in [4.69, 9.17) is 32.1 Å². The number of nitrogens with zero attached hydrogens (tertiary/aromatic N) is 4. The zero-order valence-electron chi connectivity index (χ0n) is 34.8. The first-order valence-electron chi connectivity index (χ1n) is 19.1. The highest BCUT2D eigenvalue weighted by Gasteiger charge is 2.38. The number of hydrogen-bond donors (Lipinski definition) is 0. The Labute approximate surface area is 372 Å². The molecule has 0 fully saturated rings. The quantitative estimate of drug-likeness (QED) is 0.0461. The van der Waals surface area contributed by atoms with Gasteiger partial charge in [0.2, 0.25) is 8.46 Å². The van der Waals surface area contributed by atoms with Gasteiger partial charge in [0, 0.05) is 51.0 Å². The van der Waals surface area contributed by atoms with Crippen molar-refractivity contribution in [1.82, 2.24) is 0 Å². The summed E-state index contributed by atoms with van der Waals surface area (Å²) in [5.41, 5.74) is 2.79. The molecule has 0 spiro atoms. The van der Waals surface area contributed by atoms with Crippen LogP contribution in [0.4, 0.5) is 0 Å². The number of fused-ring (bicyclic) bond motifs is 2. The van der Waals surface area contributed by atoms with E-state index in [1.807, 2.05) is 45.0 Å². The minimum atomic E-state index is -3.44. The van der Waals surface area contributed by atoms with E-state index in [9.17, 15) is 30.2 Å². The van der Waals surface area contributed by atoms with Crippen LogP contribution in [0.5, 0.6) is 0 Å². The summed E-state index contributed by atoms with van der Waals surface area (Å²) < 4.78 is 62.6. The lowest BCUT2D eigenvalue weighted by molar-refractivity contribution is -0.176. The summed E-state index contributed by atoms with van der Waals surface area (Å²) in [6, 6.07) is 22.9. The molecule has 13 nitrogen and oxygen atoms in total. The van der Waals surface area contributed by atoms with Crippen LogP contribution in [0.2, 0.25) is 0 Å². The molecule has 0 amide bonds. The number of benzene rings is 4. The molecule has 18 heteroatoms. The molecule has 0 bridgehead atoms. The zero-order chi connectivity index (χ0) is 44.7. The van der Waals surface area contributed by atoms with E-state index in [2.05, 4.69) is 56.1 Å². The van der Waals surface area contributed by atoms with Gasteiger partial charge >= 0.3 is 16.2 Å². The summed E-state index contributed by atoms with van der Waals surface area (Å²) >= 11 is 6.75. The van der Waals surface area contributed by atoms with Crippen molar-refractivity contribution in [1.29, 1.82) is 21.0 Å². The summed E-state index contributed by atoms with van der Waals surface area (Å²) in [6.07, 6.45) is -0.0713. The van der Waals surface area contributed by atoms with E-state index in [-0.39, 0.29) is 43.7 Å². The molecule has 0 aliphatic heterocycles. The molecule has 0 aromatic heterocycles. The van der Waals surface area contributed by atoms with Gasteiger partial charge in [-0.05, 0) is 65.2 Å². The van der Waals surface area contributed by atoms with Crippen molar-refractivity contribution in [3.63, 3.8) is 0 Å². The van der Waals surface area contributed by atoms with E-state index in [1.54, 1.807) is 52.0 Å². The van der Waals surface area contributed by atoms with Crippen LogP contribution in [0.3, 0.4) is 0 Å². The first-order valence-corrected chi connectivity index (χ1v) is 25.0. The lowest BCUT2D eigenvalue weighted by Gasteiger charge is -2.28. The maximum absolute atomic E-state index is 13.0. The molecule has 0 atom stereocenters. The number of ether oxygens (including phenoxy) is 2. The van der Waals surface area contributed by atoms with Crippen LogP contribution in [-0.4, -0.2) is 46.2 Å². The molecule has 60 heavy (non-hydrogen) atoms. The molecule has 0 saturated carbocycles. The van der Waals surface area contributed by atoms with Gasteiger partial charge in [0.25, 0.3) is 5.53 Å². The third-order valence-corrected chi connectivity index (χ3v) is 13.6. The molecule has 0 unspecified atom stereocenters. The predicted molar refractivity (Wildman–Crippen MR) is 241 cm³/mol. The van der Waals surface area contributed by atoms with Crippen molar-refractivity contribution in [2.24, 2.45) is 0 Å². The summed E-state index contributed by atoms with van der Waals surface area (Å²) in [7, 11) is -4.95. The van der Waals surface area contributed by atoms with Gasteiger partial charge < -0.3 is 32.1 Å². The van der Waals surface area contributed by atoms with E-state index in [0.29, 0.717) is 63.5 Å². The molecule has 320 valence electrons. The maximum atomic E-state index is 13.0. The molecule has 4 aromatic carbocycles. The van der Waals surface area contributed by atoms with E-state index in [0.717, 1.165) is 21.9 Å². The van der Waals surface area contributed by atoms with Gasteiger partial charge in [-0.15, -0.1) is 0 Å². The van der Waals surface area contributed by atoms with E-state index < -0.39 is 30.2 Å². The normalized spacial score (nSPS) is 11.2. The fourth-order valence-electron chi connectivity index (χ4n) is 5.93. The van der Waals surface area contributed by atoms with Gasteiger partial charge in [0.1, 0.15) is 24.3 Å². The topological polar surface area (TPSA) is 194 Å². The Bertz CT molecular complexity index is 2180. The van der Waals surface area contributed by atoms with Crippen molar-refractivity contribution < 1.29 is 41.2 Å². The standard InChI is InChI=1S/C22H26N2O6P2.C14H8Br2N2.C6H15O3P/c1-5-27-22(31-25,28-6-2)21-12-11-17-18(20(21)14-24)10-9-16(19(17)13-23)15-32(26,29-7-3)30-8-4;15-5-9-1-3-11-12(13(9)7-17)4-2-10(6-16)14(11)8-18;1-4-7-10(8-5-2)9-6-3/h9-12H,5-8,15H2,1-4H3;1-4H,5-6H2;4-6H2,1-3H3. The van der Waals surface area contributed by atoms with Crippen molar-refractivity contribution in [2.75, 3.05) is 46.2 Å². The fraction of sp³-hybridized carbons (Fsp3) is 0.429. The Morgan fingerprint density at radius 3 is 1.27 bits per heavy atom. The summed E-state index contributed by atoms with van der Waals surface area (Å²) in [4.78, 5) is 0. The van der Waals surface area contributed by atoms with Crippen LogP contribution in [0.15, 0.2) is 48.5 Å². The Balaban J connectivity index is 0.000000368. The van der Waals surface area contributed by atoms with E-state index in [1.165, 1.54) is 0 Å². The second-order valence-electron chi connectivity index (χ2n) is 11.8. The summed E-state index contributed by atoms with van der Waals surface area (Å²) in [5, 5.41) is 42.3. The monoisotopic (exact) mass is 1000 g/mol. The Morgan fingerprint density at radius 1 is 0.567 bits per heavy atom. The Hall–Kier alpha value is -3.20. The molecule has 0 N–H and O–H groups in total. The SMILES string of the molecule is CCOC(OCC)(P=O)c1ccc2c(C#N)c(CP(=O)(OCC)OCC)ccc2c1C#N.CCOP(OCC)OCC.N#Cc1c(CBr)ccc2c(C#N)c(CBr)ccc12. The number of hydrogen-bond acceptors (Lipinski definition) is 13. The Morgan fingerprint density at radius 2 is 0.933 bits per heavy atom. The average molecular weight is 1010 g/mol. The largest absolute Gasteiger partial charge is 0.337 e. The van der Waals surface area contributed by atoms with Gasteiger partial charge in [-0.1, -0.05) is 80.4 Å². The number of alkyl halides is 2. The molecule has 0 heterocycles. The first-order chi connectivity index (χ1) is 29.0. The minimum absolute atomic E-state index is 0.0713. The van der Waals surface area contributed by atoms with Crippen LogP contribution in [0, 0.1) is 45.3 Å². The highest BCUT2D eigenvalue weighted by Crippen LogP contribution is 2.52. The third kappa shape index (κ3) is 13.6. The molecular formula is C42H49Br2N4O9P3. The molecule has 0 aliphatic carbocycles. The molecular weight excluding hydrogens is 957 g/mol. The van der Waals surface area contributed by atoms with Crippen LogP contribution in [0.25, 0.3) is 21.5 Å². The van der Waals surface area contributed by atoms with Crippen molar-refractivity contribution in [2.45, 2.75) is 70.8 Å². The van der Waals surface area contributed by atoms with Crippen molar-refractivity contribution >= 4 is 78.1 Å². The van der Waals surface area contributed by atoms with Gasteiger partial charge in [-0.25, -0.2) is 0 Å². The second kappa shape index (κ2) is 27.7. The van der Waals surface area contributed by atoms with Gasteiger partial charge in [-0.2, -0.15) is 21.0 Å². The lowest BCUT2D eigenvalue weighted by Crippen LogP contribution is -2.28. The fourth-order valence-corrected chi connectivity index (χ4v) is 10.1. The van der Waals surface area contributed by atoms with Crippen LogP contribution < -0.4 is 0 Å². The first kappa shape index (κ1) is 52.9. The lowest BCUT2D eigenvalue weighted by atomic mass is 9.94. The second-order valence-corrected chi connectivity index (χ2v) is 17.0. The zero-order valence-corrected chi connectivity index (χ0v) is 40.6. The summed E-state index contributed by atoms with van der Waals surface area (Å²) in [6.45, 7) is 15.5. The van der Waals surface area contributed by atoms with Gasteiger partial charge in [-0.3, -0.25) is 9.13 Å². The number of halogens is 2. The minimum Gasteiger partial charge on any atom is -0.337 e. The van der Waals surface area contributed by atoms with Crippen LogP contribution in [0.1, 0.15) is 93.0 Å². The van der Waals surface area contributed by atoms with Crippen molar-refractivity contribution in [3.8, 4) is 24.3 Å². The predicted octanol–water partition coefficient (Wildman–Crippen LogP) is 12.5. The number of rotatable bonds is 20. The van der Waals surface area contributed by atoms with Crippen LogP contribution >= 0.6 is 56.5 Å². The maximum Gasteiger partial charge on any atom is 0.335 e. The van der Waals surface area contributed by atoms with Crippen molar-refractivity contribution in [3.05, 3.63) is 93.0 Å². The third-order valence-electron chi connectivity index (χ3n) is 8.26. The highest BCUT2D eigenvalue weighted by molar-refractivity contribution is 9.08. The Kier molecular flexibility index (Phi) is 24.4. The molecule has 0 aliphatic rings. The molecule has 0 saturated heterocycles. The molecule has 4 rings (SSSR count). The van der Waals surface area contributed by atoms with Crippen LogP contribution in [-0.2, 0) is 63.6 Å².